The van der Waals surface area contributed by atoms with Gasteiger partial charge in [-0.25, -0.2) is 9.97 Å². The minimum Gasteiger partial charge on any atom is -0.452 e. The summed E-state index contributed by atoms with van der Waals surface area (Å²) in [5, 5.41) is 6.82. The molecule has 7 aromatic carbocycles. The van der Waals surface area contributed by atoms with E-state index in [1.54, 1.807) is 0 Å². The van der Waals surface area contributed by atoms with Crippen LogP contribution in [0.5, 0.6) is 0 Å². The minimum absolute atomic E-state index is 0.770. The summed E-state index contributed by atoms with van der Waals surface area (Å²) in [5.74, 6) is 1.66. The maximum Gasteiger partial charge on any atom is 0.181 e. The number of H-pyrrole nitrogens is 1. The molecule has 0 saturated heterocycles. The number of nitrogens with one attached hydrogen (secondary N) is 1. The summed E-state index contributed by atoms with van der Waals surface area (Å²) in [6, 6.07) is 57.5. The van der Waals surface area contributed by atoms with Crippen molar-refractivity contribution in [1.82, 2.24) is 24.1 Å². The number of imidazole rings is 1. The van der Waals surface area contributed by atoms with Crippen LogP contribution in [0.1, 0.15) is 0 Å². The van der Waals surface area contributed by atoms with Crippen LogP contribution in [0.3, 0.4) is 0 Å². The Balaban J connectivity index is 1.13. The number of hydrogen-bond acceptors (Lipinski definition) is 3. The van der Waals surface area contributed by atoms with E-state index < -0.39 is 0 Å². The minimum atomic E-state index is 0.770. The molecule has 0 fully saturated rings. The highest BCUT2D eigenvalue weighted by atomic mass is 16.3. The first kappa shape index (κ1) is 29.2. The van der Waals surface area contributed by atoms with Gasteiger partial charge in [-0.05, 0) is 60.2 Å². The summed E-state index contributed by atoms with van der Waals surface area (Å²) >= 11 is 0. The zero-order valence-electron chi connectivity index (χ0n) is 28.9. The Morgan fingerprint density at radius 2 is 1.22 bits per heavy atom. The number of nitrogens with zero attached hydrogens (tertiary/aromatic N) is 4. The molecule has 0 aliphatic rings. The number of rotatable bonds is 4. The van der Waals surface area contributed by atoms with E-state index in [4.69, 9.17) is 14.4 Å². The van der Waals surface area contributed by atoms with Gasteiger partial charge in [0.15, 0.2) is 11.4 Å². The molecular weight excluding hydrogens is 663 g/mol. The fourth-order valence-electron chi connectivity index (χ4n) is 8.57. The third-order valence-electron chi connectivity index (χ3n) is 11.0. The van der Waals surface area contributed by atoms with E-state index in [0.29, 0.717) is 0 Å². The van der Waals surface area contributed by atoms with E-state index in [0.717, 1.165) is 99.8 Å². The molecule has 0 spiro atoms. The van der Waals surface area contributed by atoms with Crippen LogP contribution >= 0.6 is 0 Å². The smallest absolute Gasteiger partial charge is 0.181 e. The lowest BCUT2D eigenvalue weighted by atomic mass is 10.0. The molecule has 0 aliphatic carbocycles. The average Bonchev–Trinajstić information content (AvgIpc) is 4.00. The molecular formula is C48H29N5O. The summed E-state index contributed by atoms with van der Waals surface area (Å²) in [4.78, 5) is 14.2. The highest BCUT2D eigenvalue weighted by Gasteiger charge is 2.22. The predicted octanol–water partition coefficient (Wildman–Crippen LogP) is 12.4. The molecule has 1 N–H and O–H groups in total. The fraction of sp³-hybridized carbons (Fsp3) is 0. The van der Waals surface area contributed by atoms with E-state index in [9.17, 15) is 0 Å². The predicted molar refractivity (Wildman–Crippen MR) is 221 cm³/mol. The van der Waals surface area contributed by atoms with E-state index in [1.807, 2.05) is 24.4 Å². The first-order chi connectivity index (χ1) is 26.8. The molecule has 0 amide bonds. The molecule has 5 heterocycles. The zero-order valence-corrected chi connectivity index (χ0v) is 28.9. The summed E-state index contributed by atoms with van der Waals surface area (Å²) in [5.41, 5.74) is 12.1. The van der Waals surface area contributed by atoms with Crippen LogP contribution in [0.25, 0.3) is 111 Å². The van der Waals surface area contributed by atoms with Gasteiger partial charge in [-0.2, -0.15) is 0 Å². The van der Waals surface area contributed by atoms with Gasteiger partial charge in [0.25, 0.3) is 0 Å². The van der Waals surface area contributed by atoms with Crippen molar-refractivity contribution in [2.24, 2.45) is 0 Å². The average molecular weight is 692 g/mol. The molecule has 0 radical (unpaired) electrons. The molecule has 0 aliphatic heterocycles. The Morgan fingerprint density at radius 1 is 0.500 bits per heavy atom. The van der Waals surface area contributed by atoms with E-state index in [-0.39, 0.29) is 0 Å². The quantitative estimate of drug-likeness (QED) is 0.200. The lowest BCUT2D eigenvalue weighted by Crippen LogP contribution is -1.98. The van der Waals surface area contributed by atoms with Gasteiger partial charge in [0.2, 0.25) is 0 Å². The number of aromatic nitrogens is 5. The van der Waals surface area contributed by atoms with Gasteiger partial charge < -0.3 is 9.40 Å². The molecule has 0 bridgehead atoms. The second-order valence-electron chi connectivity index (χ2n) is 13.9. The van der Waals surface area contributed by atoms with Crippen LogP contribution in [-0.4, -0.2) is 24.1 Å². The summed E-state index contributed by atoms with van der Waals surface area (Å²) in [6.07, 6.45) is 1.89. The van der Waals surface area contributed by atoms with Crippen molar-refractivity contribution < 1.29 is 4.42 Å². The van der Waals surface area contributed by atoms with Gasteiger partial charge in [-0.15, -0.1) is 0 Å². The molecule has 12 rings (SSSR count). The molecule has 252 valence electrons. The standard InChI is InChI=1S/C48H29N5O/c1-2-12-30(13-3-1)52-41-22-11-17-31(45(41)51-47(52)38-19-10-18-36-32-14-4-7-20-39(32)50-44(36)38)29-24-25-34-33-15-5-8-21-40(33)53(42(34)28-29)48-46-37(26-27-49-48)35-16-6-9-23-43(35)54-46/h1-28,50H. The number of fused-ring (bicyclic) bond motifs is 10. The molecule has 6 heteroatoms. The van der Waals surface area contributed by atoms with Crippen molar-refractivity contribution in [3.63, 3.8) is 0 Å². The second kappa shape index (κ2) is 11.0. The first-order valence-corrected chi connectivity index (χ1v) is 18.2. The topological polar surface area (TPSA) is 64.6 Å². The highest BCUT2D eigenvalue weighted by Crippen LogP contribution is 2.41. The first-order valence-electron chi connectivity index (χ1n) is 18.2. The van der Waals surface area contributed by atoms with Crippen LogP contribution in [-0.2, 0) is 0 Å². The zero-order chi connectivity index (χ0) is 35.3. The van der Waals surface area contributed by atoms with E-state index in [2.05, 4.69) is 160 Å². The van der Waals surface area contributed by atoms with E-state index in [1.165, 1.54) is 10.8 Å². The van der Waals surface area contributed by atoms with Crippen LogP contribution in [0, 0.1) is 0 Å². The van der Waals surface area contributed by atoms with Crippen LogP contribution in [0.15, 0.2) is 174 Å². The van der Waals surface area contributed by atoms with Crippen molar-refractivity contribution >= 4 is 76.6 Å². The Kier molecular flexibility index (Phi) is 5.96. The van der Waals surface area contributed by atoms with Crippen molar-refractivity contribution in [1.29, 1.82) is 0 Å². The lowest BCUT2D eigenvalue weighted by molar-refractivity contribution is 0.663. The molecule has 0 saturated carbocycles. The van der Waals surface area contributed by atoms with Crippen molar-refractivity contribution in [3.05, 3.63) is 170 Å². The van der Waals surface area contributed by atoms with Gasteiger partial charge in [0.1, 0.15) is 11.4 Å². The largest absolute Gasteiger partial charge is 0.452 e. The van der Waals surface area contributed by atoms with Gasteiger partial charge in [-0.3, -0.25) is 9.13 Å². The molecule has 0 atom stereocenters. The number of furan rings is 1. The van der Waals surface area contributed by atoms with Gasteiger partial charge in [0.05, 0.1) is 27.6 Å². The number of aromatic amines is 1. The summed E-state index contributed by atoms with van der Waals surface area (Å²) in [6.45, 7) is 0. The summed E-state index contributed by atoms with van der Waals surface area (Å²) < 4.78 is 11.1. The number of pyridine rings is 1. The molecule has 12 aromatic rings. The summed E-state index contributed by atoms with van der Waals surface area (Å²) in [7, 11) is 0. The van der Waals surface area contributed by atoms with Crippen molar-refractivity contribution in [3.8, 4) is 34.0 Å². The van der Waals surface area contributed by atoms with Gasteiger partial charge in [-0.1, -0.05) is 109 Å². The molecule has 54 heavy (non-hydrogen) atoms. The Bertz CT molecular complexity index is 3450. The van der Waals surface area contributed by atoms with Crippen molar-refractivity contribution in [2.45, 2.75) is 0 Å². The van der Waals surface area contributed by atoms with Gasteiger partial charge in [0, 0.05) is 60.8 Å². The number of hydrogen-bond donors (Lipinski definition) is 1. The normalized spacial score (nSPS) is 12.1. The lowest BCUT2D eigenvalue weighted by Gasteiger charge is -2.11. The fourth-order valence-corrected chi connectivity index (χ4v) is 8.57. The highest BCUT2D eigenvalue weighted by molar-refractivity contribution is 6.14. The maximum absolute atomic E-state index is 6.53. The third-order valence-corrected chi connectivity index (χ3v) is 11.0. The van der Waals surface area contributed by atoms with E-state index >= 15 is 0 Å². The van der Waals surface area contributed by atoms with Crippen LogP contribution < -0.4 is 0 Å². The van der Waals surface area contributed by atoms with Crippen LogP contribution in [0.2, 0.25) is 0 Å². The molecule has 0 unspecified atom stereocenters. The molecule has 6 nitrogen and oxygen atoms in total. The van der Waals surface area contributed by atoms with Crippen molar-refractivity contribution in [2.75, 3.05) is 0 Å². The van der Waals surface area contributed by atoms with Gasteiger partial charge >= 0.3 is 0 Å². The maximum atomic E-state index is 6.53. The molecule has 5 aromatic heterocycles. The SMILES string of the molecule is c1ccc(-n2c(-c3cccc4c3[nH]c3ccccc34)nc3c(-c4ccc5c6ccccc6n(-c6nccc7c6oc6ccccc67)c5c4)cccc32)cc1. The number of para-hydroxylation sites is 6. The number of benzene rings is 7. The third kappa shape index (κ3) is 4.05. The van der Waals surface area contributed by atoms with Crippen LogP contribution in [0.4, 0.5) is 0 Å². The Labute approximate surface area is 308 Å². The Hall–Kier alpha value is -7.44. The monoisotopic (exact) mass is 691 g/mol. The second-order valence-corrected chi connectivity index (χ2v) is 13.9. The Morgan fingerprint density at radius 3 is 2.15 bits per heavy atom.